The van der Waals surface area contributed by atoms with Crippen molar-refractivity contribution in [2.45, 2.75) is 34.1 Å². The molecule has 102 valence electrons. The summed E-state index contributed by atoms with van der Waals surface area (Å²) in [5.41, 5.74) is 9.55. The minimum absolute atomic E-state index is 0.182. The molecule has 0 saturated carbocycles. The number of aryl methyl sites for hydroxylation is 1. The Morgan fingerprint density at radius 2 is 1.79 bits per heavy atom. The lowest BCUT2D eigenvalue weighted by Gasteiger charge is -2.16. The van der Waals surface area contributed by atoms with Crippen LogP contribution in [0.15, 0.2) is 28.7 Å². The number of aromatic nitrogens is 2. The molecule has 0 amide bonds. The first-order valence-electron chi connectivity index (χ1n) is 6.38. The zero-order valence-electron chi connectivity index (χ0n) is 11.9. The van der Waals surface area contributed by atoms with E-state index in [0.29, 0.717) is 5.82 Å². The molecule has 2 aromatic rings. The van der Waals surface area contributed by atoms with Crippen molar-refractivity contribution < 1.29 is 0 Å². The molecule has 0 fully saturated rings. The molecule has 0 aliphatic carbocycles. The second-order valence-corrected chi connectivity index (χ2v) is 6.92. The molecule has 19 heavy (non-hydrogen) atoms. The number of nitrogens with two attached hydrogens (primary N) is 1. The summed E-state index contributed by atoms with van der Waals surface area (Å²) >= 11 is 3.56. The normalized spacial score (nSPS) is 11.8. The Bertz CT molecular complexity index is 577. The van der Waals surface area contributed by atoms with Crippen LogP contribution in [-0.4, -0.2) is 9.78 Å². The van der Waals surface area contributed by atoms with Crippen molar-refractivity contribution in [3.8, 4) is 5.69 Å². The molecule has 0 unspecified atom stereocenters. The molecule has 0 radical (unpaired) electrons. The average Bonchev–Trinajstić information content (AvgIpc) is 2.57. The van der Waals surface area contributed by atoms with Gasteiger partial charge in [0.2, 0.25) is 0 Å². The second kappa shape index (κ2) is 5.00. The molecule has 1 heterocycles. The highest BCUT2D eigenvalue weighted by Crippen LogP contribution is 2.31. The summed E-state index contributed by atoms with van der Waals surface area (Å²) in [6, 6.07) is 8.19. The highest BCUT2D eigenvalue weighted by molar-refractivity contribution is 9.10. The predicted octanol–water partition coefficient (Wildman–Crippen LogP) is 4.11. The lowest BCUT2D eigenvalue weighted by Crippen LogP contribution is -2.10. The van der Waals surface area contributed by atoms with E-state index in [1.165, 1.54) is 5.56 Å². The SMILES string of the molecule is Cc1ccc(-n2nc(CC(C)(C)C)c(Br)c2N)cc1. The van der Waals surface area contributed by atoms with Crippen LogP contribution in [0.1, 0.15) is 32.0 Å². The third-order valence-electron chi connectivity index (χ3n) is 2.90. The maximum Gasteiger partial charge on any atom is 0.141 e. The van der Waals surface area contributed by atoms with E-state index in [9.17, 15) is 0 Å². The molecule has 0 saturated heterocycles. The number of nitrogens with zero attached hydrogens (tertiary/aromatic N) is 2. The van der Waals surface area contributed by atoms with Gasteiger partial charge in [0.15, 0.2) is 0 Å². The van der Waals surface area contributed by atoms with Gasteiger partial charge in [-0.05, 0) is 46.8 Å². The van der Waals surface area contributed by atoms with Gasteiger partial charge in [0, 0.05) is 0 Å². The van der Waals surface area contributed by atoms with Crippen molar-refractivity contribution >= 4 is 21.7 Å². The van der Waals surface area contributed by atoms with Gasteiger partial charge in [-0.25, -0.2) is 4.68 Å². The molecular formula is C15H20BrN3. The Morgan fingerprint density at radius 3 is 2.32 bits per heavy atom. The Balaban J connectivity index is 2.43. The average molecular weight is 322 g/mol. The van der Waals surface area contributed by atoms with E-state index in [1.54, 1.807) is 4.68 Å². The molecule has 2 rings (SSSR count). The van der Waals surface area contributed by atoms with Crippen LogP contribution in [0, 0.1) is 12.3 Å². The van der Waals surface area contributed by atoms with Crippen molar-refractivity contribution in [2.75, 3.05) is 5.73 Å². The molecule has 1 aromatic carbocycles. The van der Waals surface area contributed by atoms with E-state index < -0.39 is 0 Å². The number of rotatable bonds is 2. The minimum Gasteiger partial charge on any atom is -0.383 e. The summed E-state index contributed by atoms with van der Waals surface area (Å²) < 4.78 is 2.70. The van der Waals surface area contributed by atoms with Gasteiger partial charge in [-0.15, -0.1) is 0 Å². The third-order valence-corrected chi connectivity index (χ3v) is 3.77. The largest absolute Gasteiger partial charge is 0.383 e. The van der Waals surface area contributed by atoms with E-state index in [2.05, 4.69) is 60.9 Å². The van der Waals surface area contributed by atoms with Gasteiger partial charge in [-0.1, -0.05) is 38.5 Å². The summed E-state index contributed by atoms with van der Waals surface area (Å²) in [5.74, 6) is 0.656. The van der Waals surface area contributed by atoms with Crippen LogP contribution in [0.25, 0.3) is 5.69 Å². The summed E-state index contributed by atoms with van der Waals surface area (Å²) in [6.07, 6.45) is 0.886. The molecule has 0 aliphatic heterocycles. The third kappa shape index (κ3) is 3.18. The van der Waals surface area contributed by atoms with Gasteiger partial charge < -0.3 is 5.73 Å². The van der Waals surface area contributed by atoms with E-state index in [1.807, 2.05) is 12.1 Å². The van der Waals surface area contributed by atoms with Crippen molar-refractivity contribution in [1.29, 1.82) is 0 Å². The van der Waals surface area contributed by atoms with Crippen LogP contribution in [0.3, 0.4) is 0 Å². The van der Waals surface area contributed by atoms with Gasteiger partial charge in [-0.2, -0.15) is 5.10 Å². The minimum atomic E-state index is 0.182. The smallest absolute Gasteiger partial charge is 0.141 e. The van der Waals surface area contributed by atoms with Crippen molar-refractivity contribution in [2.24, 2.45) is 5.41 Å². The van der Waals surface area contributed by atoms with E-state index in [-0.39, 0.29) is 5.41 Å². The summed E-state index contributed by atoms with van der Waals surface area (Å²) in [6.45, 7) is 8.65. The Morgan fingerprint density at radius 1 is 1.21 bits per heavy atom. The first-order valence-corrected chi connectivity index (χ1v) is 7.17. The van der Waals surface area contributed by atoms with Crippen LogP contribution in [0.5, 0.6) is 0 Å². The van der Waals surface area contributed by atoms with Gasteiger partial charge >= 0.3 is 0 Å². The molecule has 2 N–H and O–H groups in total. The summed E-state index contributed by atoms with van der Waals surface area (Å²) in [4.78, 5) is 0. The fourth-order valence-electron chi connectivity index (χ4n) is 1.96. The van der Waals surface area contributed by atoms with Gasteiger partial charge in [0.25, 0.3) is 0 Å². The molecular weight excluding hydrogens is 302 g/mol. The van der Waals surface area contributed by atoms with Gasteiger partial charge in [0.1, 0.15) is 5.82 Å². The monoisotopic (exact) mass is 321 g/mol. The molecule has 1 aromatic heterocycles. The first kappa shape index (κ1) is 14.1. The quantitative estimate of drug-likeness (QED) is 0.904. The van der Waals surface area contributed by atoms with Crippen LogP contribution in [0.2, 0.25) is 0 Å². The predicted molar refractivity (Wildman–Crippen MR) is 83.6 cm³/mol. The second-order valence-electron chi connectivity index (χ2n) is 6.13. The van der Waals surface area contributed by atoms with E-state index in [0.717, 1.165) is 22.3 Å². The Kier molecular flexibility index (Phi) is 3.72. The highest BCUT2D eigenvalue weighted by atomic mass is 79.9. The topological polar surface area (TPSA) is 43.8 Å². The van der Waals surface area contributed by atoms with Crippen molar-refractivity contribution in [1.82, 2.24) is 9.78 Å². The standard InChI is InChI=1S/C15H20BrN3/c1-10-5-7-11(8-6-10)19-14(17)13(16)12(18-19)9-15(2,3)4/h5-8H,9,17H2,1-4H3. The number of nitrogen functional groups attached to an aromatic ring is 1. The molecule has 0 spiro atoms. The van der Waals surface area contributed by atoms with E-state index in [4.69, 9.17) is 5.73 Å². The van der Waals surface area contributed by atoms with Gasteiger partial charge in [0.05, 0.1) is 15.9 Å². The van der Waals surface area contributed by atoms with Crippen LogP contribution in [-0.2, 0) is 6.42 Å². The molecule has 3 nitrogen and oxygen atoms in total. The fourth-order valence-corrected chi connectivity index (χ4v) is 2.34. The zero-order valence-corrected chi connectivity index (χ0v) is 13.5. The fraction of sp³-hybridized carbons (Fsp3) is 0.400. The van der Waals surface area contributed by atoms with Crippen molar-refractivity contribution in [3.63, 3.8) is 0 Å². The maximum atomic E-state index is 6.15. The van der Waals surface area contributed by atoms with Gasteiger partial charge in [-0.3, -0.25) is 0 Å². The number of benzene rings is 1. The lowest BCUT2D eigenvalue weighted by molar-refractivity contribution is 0.404. The highest BCUT2D eigenvalue weighted by Gasteiger charge is 2.20. The summed E-state index contributed by atoms with van der Waals surface area (Å²) in [5, 5.41) is 4.64. The molecule has 4 heteroatoms. The van der Waals surface area contributed by atoms with Crippen LogP contribution < -0.4 is 5.73 Å². The lowest BCUT2D eigenvalue weighted by atomic mass is 9.91. The van der Waals surface area contributed by atoms with Crippen LogP contribution >= 0.6 is 15.9 Å². The number of halogens is 1. The number of hydrogen-bond donors (Lipinski definition) is 1. The van der Waals surface area contributed by atoms with Crippen molar-refractivity contribution in [3.05, 3.63) is 40.0 Å². The van der Waals surface area contributed by atoms with Crippen LogP contribution in [0.4, 0.5) is 5.82 Å². The first-order chi connectivity index (χ1) is 8.78. The Labute approximate surface area is 122 Å². The summed E-state index contributed by atoms with van der Waals surface area (Å²) in [7, 11) is 0. The maximum absolute atomic E-state index is 6.15. The number of anilines is 1. The number of hydrogen-bond acceptors (Lipinski definition) is 2. The molecule has 0 atom stereocenters. The van der Waals surface area contributed by atoms with E-state index >= 15 is 0 Å². The molecule has 0 bridgehead atoms. The Hall–Kier alpha value is -1.29. The zero-order chi connectivity index (χ0) is 14.2. The molecule has 0 aliphatic rings.